The molecule has 0 unspecified atom stereocenters. The van der Waals surface area contributed by atoms with Crippen molar-refractivity contribution in [3.05, 3.63) is 0 Å². The van der Waals surface area contributed by atoms with Gasteiger partial charge in [-0.1, -0.05) is 0 Å². The van der Waals surface area contributed by atoms with Crippen LogP contribution in [0.2, 0.25) is 0 Å². The van der Waals surface area contributed by atoms with Gasteiger partial charge in [-0.3, -0.25) is 9.59 Å². The Kier molecular flexibility index (Phi) is 3.64. The second-order valence-corrected chi connectivity index (χ2v) is 2.01. The van der Waals surface area contributed by atoms with Crippen molar-refractivity contribution in [3.8, 4) is 0 Å². The number of hydrogen-bond acceptors (Lipinski definition) is 4. The number of methoxy groups -OCH3 is 1. The summed E-state index contributed by atoms with van der Waals surface area (Å²) >= 11 is 0. The van der Waals surface area contributed by atoms with E-state index in [9.17, 15) is 9.59 Å². The first-order valence-corrected chi connectivity index (χ1v) is 2.93. The Balaban J connectivity index is 3.69. The van der Waals surface area contributed by atoms with Gasteiger partial charge < -0.3 is 10.5 Å². The Bertz CT molecular complexity index is 142. The molecule has 58 valence electrons. The number of esters is 1. The van der Waals surface area contributed by atoms with Gasteiger partial charge in [0.2, 0.25) is 0 Å². The van der Waals surface area contributed by atoms with E-state index < -0.39 is 12.0 Å². The fourth-order valence-electron chi connectivity index (χ4n) is 0.375. The quantitative estimate of drug-likeness (QED) is 0.428. The molecule has 1 atom stereocenters. The summed E-state index contributed by atoms with van der Waals surface area (Å²) in [5.74, 6) is -0.839. The predicted molar refractivity (Wildman–Crippen MR) is 35.3 cm³/mol. The molecule has 0 rings (SSSR count). The van der Waals surface area contributed by atoms with Crippen LogP contribution in [0.25, 0.3) is 0 Å². The maximum Gasteiger partial charge on any atom is 0.313 e. The Morgan fingerprint density at radius 1 is 1.60 bits per heavy atom. The molecule has 0 fully saturated rings. The standard InChI is InChI=1S/C6H11NO3/c1-4(7)5(8)3-6(9)10-2/h4H,3,7H2,1-2H3/t4-/m1/s1. The van der Waals surface area contributed by atoms with Gasteiger partial charge >= 0.3 is 5.97 Å². The molecule has 0 spiro atoms. The third-order valence-electron chi connectivity index (χ3n) is 1.05. The lowest BCUT2D eigenvalue weighted by molar-refractivity contribution is -0.143. The van der Waals surface area contributed by atoms with Crippen molar-refractivity contribution in [1.29, 1.82) is 0 Å². The number of ether oxygens (including phenoxy) is 1. The SMILES string of the molecule is COC(=O)CC(=O)[C@@H](C)N. The highest BCUT2D eigenvalue weighted by atomic mass is 16.5. The topological polar surface area (TPSA) is 69.4 Å². The van der Waals surface area contributed by atoms with Crippen molar-refractivity contribution < 1.29 is 14.3 Å². The average Bonchev–Trinajstić information content (AvgIpc) is 1.87. The zero-order chi connectivity index (χ0) is 8.15. The summed E-state index contributed by atoms with van der Waals surface area (Å²) in [5.41, 5.74) is 5.18. The van der Waals surface area contributed by atoms with E-state index in [0.717, 1.165) is 0 Å². The van der Waals surface area contributed by atoms with E-state index in [1.807, 2.05) is 0 Å². The number of carbonyl (C=O) groups excluding carboxylic acids is 2. The Labute approximate surface area is 59.3 Å². The number of hydrogen-bond donors (Lipinski definition) is 1. The summed E-state index contributed by atoms with van der Waals surface area (Å²) in [7, 11) is 1.23. The third-order valence-corrected chi connectivity index (χ3v) is 1.05. The predicted octanol–water partition coefficient (Wildman–Crippen LogP) is -0.534. The van der Waals surface area contributed by atoms with Gasteiger partial charge in [0.1, 0.15) is 6.42 Å². The van der Waals surface area contributed by atoms with E-state index in [1.165, 1.54) is 14.0 Å². The summed E-state index contributed by atoms with van der Waals surface area (Å²) in [4.78, 5) is 21.1. The van der Waals surface area contributed by atoms with Crippen LogP contribution >= 0.6 is 0 Å². The molecule has 4 nitrogen and oxygen atoms in total. The minimum Gasteiger partial charge on any atom is -0.469 e. The second-order valence-electron chi connectivity index (χ2n) is 2.01. The van der Waals surface area contributed by atoms with Crippen molar-refractivity contribution >= 4 is 11.8 Å². The van der Waals surface area contributed by atoms with Crippen LogP contribution in [-0.4, -0.2) is 24.9 Å². The van der Waals surface area contributed by atoms with Crippen molar-refractivity contribution in [2.45, 2.75) is 19.4 Å². The monoisotopic (exact) mass is 145 g/mol. The molecule has 0 heterocycles. The molecule has 0 aliphatic rings. The van der Waals surface area contributed by atoms with Gasteiger partial charge in [-0.25, -0.2) is 0 Å². The van der Waals surface area contributed by atoms with Crippen LogP contribution in [-0.2, 0) is 14.3 Å². The summed E-state index contributed by atoms with van der Waals surface area (Å²) in [6, 6.07) is -0.584. The van der Waals surface area contributed by atoms with Gasteiger partial charge in [0, 0.05) is 0 Å². The van der Waals surface area contributed by atoms with Crippen LogP contribution < -0.4 is 5.73 Å². The number of ketones is 1. The molecule has 0 aromatic rings. The van der Waals surface area contributed by atoms with Gasteiger partial charge in [0.05, 0.1) is 13.2 Å². The maximum atomic E-state index is 10.7. The Hall–Kier alpha value is -0.900. The molecule has 0 aromatic heterocycles. The number of nitrogens with two attached hydrogens (primary N) is 1. The molecular weight excluding hydrogens is 134 g/mol. The van der Waals surface area contributed by atoms with Crippen LogP contribution in [0.5, 0.6) is 0 Å². The molecule has 0 saturated heterocycles. The molecule has 10 heavy (non-hydrogen) atoms. The second kappa shape index (κ2) is 4.00. The Morgan fingerprint density at radius 3 is 2.40 bits per heavy atom. The van der Waals surface area contributed by atoms with E-state index in [0.29, 0.717) is 0 Å². The van der Waals surface area contributed by atoms with Crippen LogP contribution in [0.1, 0.15) is 13.3 Å². The summed E-state index contributed by atoms with van der Waals surface area (Å²) < 4.78 is 4.26. The molecule has 0 aliphatic heterocycles. The number of rotatable bonds is 3. The van der Waals surface area contributed by atoms with Gasteiger partial charge in [0.15, 0.2) is 5.78 Å². The lowest BCUT2D eigenvalue weighted by Gasteiger charge is -2.01. The first-order valence-electron chi connectivity index (χ1n) is 2.93. The molecule has 0 amide bonds. The smallest absolute Gasteiger partial charge is 0.313 e. The van der Waals surface area contributed by atoms with Crippen LogP contribution in [0, 0.1) is 0 Å². The molecule has 0 aromatic carbocycles. The number of Topliss-reactive ketones (excluding diaryl/α,β-unsaturated/α-hetero) is 1. The van der Waals surface area contributed by atoms with Crippen LogP contribution in [0.4, 0.5) is 0 Å². The third kappa shape index (κ3) is 3.19. The maximum absolute atomic E-state index is 10.7. The van der Waals surface area contributed by atoms with Gasteiger partial charge in [0.25, 0.3) is 0 Å². The molecule has 0 bridgehead atoms. The minimum atomic E-state index is -0.584. The Morgan fingerprint density at radius 2 is 2.10 bits per heavy atom. The van der Waals surface area contributed by atoms with Gasteiger partial charge in [-0.2, -0.15) is 0 Å². The van der Waals surface area contributed by atoms with E-state index in [1.54, 1.807) is 0 Å². The van der Waals surface area contributed by atoms with Crippen molar-refractivity contribution in [3.63, 3.8) is 0 Å². The van der Waals surface area contributed by atoms with E-state index in [2.05, 4.69) is 4.74 Å². The highest BCUT2D eigenvalue weighted by molar-refractivity contribution is 5.98. The van der Waals surface area contributed by atoms with E-state index >= 15 is 0 Å². The first kappa shape index (κ1) is 9.10. The first-order chi connectivity index (χ1) is 4.57. The van der Waals surface area contributed by atoms with E-state index in [-0.39, 0.29) is 12.2 Å². The molecule has 4 heteroatoms. The molecule has 0 aliphatic carbocycles. The summed E-state index contributed by atoms with van der Waals surface area (Å²) in [6.45, 7) is 1.53. The van der Waals surface area contributed by atoms with Gasteiger partial charge in [-0.15, -0.1) is 0 Å². The fraction of sp³-hybridized carbons (Fsp3) is 0.667. The largest absolute Gasteiger partial charge is 0.469 e. The van der Waals surface area contributed by atoms with Crippen molar-refractivity contribution in [1.82, 2.24) is 0 Å². The van der Waals surface area contributed by atoms with Crippen molar-refractivity contribution in [2.75, 3.05) is 7.11 Å². The zero-order valence-corrected chi connectivity index (χ0v) is 6.09. The number of carbonyl (C=O) groups is 2. The normalized spacial score (nSPS) is 12.3. The fourth-order valence-corrected chi connectivity index (χ4v) is 0.375. The van der Waals surface area contributed by atoms with Crippen molar-refractivity contribution in [2.24, 2.45) is 5.73 Å². The van der Waals surface area contributed by atoms with Crippen LogP contribution in [0.3, 0.4) is 0 Å². The summed E-state index contributed by atoms with van der Waals surface area (Å²) in [5, 5.41) is 0. The molecule has 0 radical (unpaired) electrons. The zero-order valence-electron chi connectivity index (χ0n) is 6.09. The molecule has 0 saturated carbocycles. The average molecular weight is 145 g/mol. The lowest BCUT2D eigenvalue weighted by atomic mass is 10.2. The van der Waals surface area contributed by atoms with E-state index in [4.69, 9.17) is 5.73 Å². The highest BCUT2D eigenvalue weighted by Crippen LogP contribution is 1.89. The summed E-state index contributed by atoms with van der Waals surface area (Å²) in [6.07, 6.45) is -0.228. The van der Waals surface area contributed by atoms with Crippen LogP contribution in [0.15, 0.2) is 0 Å². The molecule has 2 N–H and O–H groups in total. The highest BCUT2D eigenvalue weighted by Gasteiger charge is 2.12. The van der Waals surface area contributed by atoms with Gasteiger partial charge in [-0.05, 0) is 6.92 Å². The lowest BCUT2D eigenvalue weighted by Crippen LogP contribution is -2.28. The minimum absolute atomic E-state index is 0.228. The molecular formula is C6H11NO3.